The number of benzene rings is 3. The largest absolute Gasteiger partial charge is 0.390 e. The van der Waals surface area contributed by atoms with Crippen LogP contribution >= 0.6 is 7.26 Å². The zero-order valence-electron chi connectivity index (χ0n) is 31.8. The third-order valence-electron chi connectivity index (χ3n) is 9.99. The Morgan fingerprint density at radius 3 is 1.71 bits per heavy atom. The molecule has 2 atom stereocenters. The van der Waals surface area contributed by atoms with Crippen LogP contribution in [0.2, 0.25) is 0 Å². The molecule has 0 amide bonds. The molecule has 3 aromatic carbocycles. The Bertz CT molecular complexity index is 1620. The first kappa shape index (κ1) is 37.7. The number of hydrogen-bond donors (Lipinski definition) is 2. The van der Waals surface area contributed by atoms with Gasteiger partial charge in [-0.25, -0.2) is 4.98 Å². The Kier molecular flexibility index (Phi) is 11.6. The van der Waals surface area contributed by atoms with Crippen molar-refractivity contribution in [2.75, 3.05) is 5.32 Å². The van der Waals surface area contributed by atoms with Crippen molar-refractivity contribution in [2.24, 2.45) is 0 Å². The molecule has 5 rings (SSSR count). The Morgan fingerprint density at radius 1 is 0.646 bits per heavy atom. The number of aliphatic hydroxyl groups excluding tert-OH is 1. The summed E-state index contributed by atoms with van der Waals surface area (Å²) in [5.41, 5.74) is 8.24. The highest BCUT2D eigenvalue weighted by Gasteiger charge is 2.66. The summed E-state index contributed by atoms with van der Waals surface area (Å²) in [4.78, 5) is 9.62. The lowest BCUT2D eigenvalue weighted by Crippen LogP contribution is -2.49. The fourth-order valence-electron chi connectivity index (χ4n) is 9.10. The van der Waals surface area contributed by atoms with Gasteiger partial charge in [-0.15, -0.1) is 0 Å². The number of nitrogens with zero attached hydrogens (tertiary/aromatic N) is 2. The number of hydrogen-bond acceptors (Lipinski definition) is 4. The molecular weight excluding hydrogens is 605 g/mol. The highest BCUT2D eigenvalue weighted by molar-refractivity contribution is 7.87. The van der Waals surface area contributed by atoms with E-state index in [1.807, 2.05) is 12.1 Å². The molecule has 0 fully saturated rings. The van der Waals surface area contributed by atoms with Crippen molar-refractivity contribution in [3.8, 4) is 11.1 Å². The summed E-state index contributed by atoms with van der Waals surface area (Å²) < 4.78 is 0. The van der Waals surface area contributed by atoms with Crippen LogP contribution in [-0.2, 0) is 25.7 Å². The quantitative estimate of drug-likeness (QED) is 0.193. The number of anilines is 1. The molecule has 1 aliphatic carbocycles. The topological polar surface area (TPSA) is 58.0 Å². The smallest absolute Gasteiger partial charge is 0.148 e. The van der Waals surface area contributed by atoms with Crippen molar-refractivity contribution in [2.45, 2.75) is 136 Å². The minimum Gasteiger partial charge on any atom is -0.390 e. The summed E-state index contributed by atoms with van der Waals surface area (Å²) in [5, 5.41) is 16.1. The van der Waals surface area contributed by atoms with Gasteiger partial charge in [0, 0.05) is 12.0 Å². The molecule has 1 aliphatic rings. The van der Waals surface area contributed by atoms with Crippen LogP contribution in [0, 0.1) is 0 Å². The van der Waals surface area contributed by atoms with E-state index in [2.05, 4.69) is 155 Å². The van der Waals surface area contributed by atoms with E-state index in [9.17, 15) is 5.11 Å². The van der Waals surface area contributed by atoms with E-state index in [1.54, 1.807) is 5.30 Å². The molecule has 0 saturated heterocycles. The van der Waals surface area contributed by atoms with Crippen molar-refractivity contribution in [1.29, 1.82) is 0 Å². The first-order valence-corrected chi connectivity index (χ1v) is 19.8. The molecule has 5 heteroatoms. The van der Waals surface area contributed by atoms with Crippen LogP contribution in [0.25, 0.3) is 11.1 Å². The van der Waals surface area contributed by atoms with Gasteiger partial charge in [0.2, 0.25) is 0 Å². The van der Waals surface area contributed by atoms with Gasteiger partial charge in [-0.05, 0) is 104 Å². The lowest BCUT2D eigenvalue weighted by molar-refractivity contribution is 0.165. The zero-order valence-corrected chi connectivity index (χ0v) is 32.7. The maximum absolute atomic E-state index is 10.5. The number of aryl methyl sites for hydroxylation is 3. The molecule has 4 aromatic rings. The van der Waals surface area contributed by atoms with Crippen molar-refractivity contribution in [3.05, 3.63) is 107 Å². The third-order valence-corrected chi connectivity index (χ3v) is 17.1. The Morgan fingerprint density at radius 2 is 1.15 bits per heavy atom. The summed E-state index contributed by atoms with van der Waals surface area (Å²) >= 11 is 0. The summed E-state index contributed by atoms with van der Waals surface area (Å²) in [6, 6.07) is 28.2. The minimum absolute atomic E-state index is 0.108. The van der Waals surface area contributed by atoms with E-state index in [-0.39, 0.29) is 21.5 Å². The predicted octanol–water partition coefficient (Wildman–Crippen LogP) is 10.6. The van der Waals surface area contributed by atoms with Crippen LogP contribution < -0.4 is 10.6 Å². The van der Waals surface area contributed by atoms with Crippen LogP contribution in [-0.4, -0.2) is 36.6 Å². The first-order chi connectivity index (χ1) is 22.5. The average Bonchev–Trinajstić information content (AvgIpc) is 3.34. The van der Waals surface area contributed by atoms with Gasteiger partial charge in [-0.1, -0.05) is 93.6 Å². The molecule has 48 heavy (non-hydrogen) atoms. The van der Waals surface area contributed by atoms with E-state index in [0.717, 1.165) is 42.2 Å². The van der Waals surface area contributed by atoms with Gasteiger partial charge in [-0.2, -0.15) is 0 Å². The molecule has 2 N–H and O–H groups in total. The van der Waals surface area contributed by atoms with Crippen molar-refractivity contribution >= 4 is 18.4 Å². The van der Waals surface area contributed by atoms with Gasteiger partial charge in [0.15, 0.2) is 0 Å². The normalized spacial score (nSPS) is 16.6. The van der Waals surface area contributed by atoms with E-state index in [1.165, 1.54) is 22.3 Å². The lowest BCUT2D eigenvalue weighted by atomic mass is 10.1. The Balaban J connectivity index is 0.000000217. The Hall–Kier alpha value is -3.07. The second-order valence-corrected chi connectivity index (χ2v) is 22.0. The molecule has 0 saturated carbocycles. The van der Waals surface area contributed by atoms with Gasteiger partial charge >= 0.3 is 0 Å². The van der Waals surface area contributed by atoms with Crippen LogP contribution in [0.4, 0.5) is 5.82 Å². The van der Waals surface area contributed by atoms with Gasteiger partial charge in [0.1, 0.15) is 11.1 Å². The first-order valence-electron chi connectivity index (χ1n) is 18.0. The molecule has 0 aliphatic heterocycles. The van der Waals surface area contributed by atoms with Crippen molar-refractivity contribution < 1.29 is 5.11 Å². The van der Waals surface area contributed by atoms with Crippen LogP contribution in [0.1, 0.15) is 117 Å². The minimum atomic E-state index is -1.60. The number of aliphatic hydroxyl groups is 1. The number of nitrogens with one attached hydrogen (secondary N) is 1. The molecule has 0 bridgehead atoms. The molecule has 0 spiro atoms. The molecule has 258 valence electrons. The standard InChI is InChI=1S/C24H36P.C19H25N3O/c1-22(2,3)25(23(4,5)6,24(7,8)9)21-18-14-13-17-20(21)19-15-11-10-12-16-19;1-4-14-15(5-2)21-19(16(6-3)20-14)22-18-13-10-8-7-9-12(13)11-17(18)23/h10-18H,1-9H3;7-10,17-18,23H,4-6,11H2,1-3H3,(H,21,22)/q+1;/t;17-,18+/m.0/s1. The fraction of sp³-hybridized carbons (Fsp3) is 0.488. The maximum atomic E-state index is 10.5. The number of fused-ring (bicyclic) bond motifs is 1. The summed E-state index contributed by atoms with van der Waals surface area (Å²) in [7, 11) is -1.60. The fourth-order valence-corrected chi connectivity index (χ4v) is 18.2. The summed E-state index contributed by atoms with van der Waals surface area (Å²) in [5.74, 6) is 0.822. The number of aromatic nitrogens is 2. The predicted molar refractivity (Wildman–Crippen MR) is 210 cm³/mol. The molecule has 4 nitrogen and oxygen atoms in total. The SMILES string of the molecule is CC(C)(C)[P+](c1ccccc1-c1ccccc1)(C(C)(C)C)C(C)(C)C.CCc1nc(CC)c(N[C@@H]2c3ccccc3C[C@@H]2O)nc1CC. The highest BCUT2D eigenvalue weighted by Crippen LogP contribution is 2.82. The lowest BCUT2D eigenvalue weighted by Gasteiger charge is -2.54. The van der Waals surface area contributed by atoms with E-state index in [0.29, 0.717) is 6.42 Å². The van der Waals surface area contributed by atoms with E-state index < -0.39 is 13.4 Å². The summed E-state index contributed by atoms with van der Waals surface area (Å²) in [6.07, 6.45) is 2.87. The molecule has 0 unspecified atom stereocenters. The molecule has 1 heterocycles. The molecular formula is C43H61N3OP+. The summed E-state index contributed by atoms with van der Waals surface area (Å²) in [6.45, 7) is 28.4. The number of rotatable bonds is 7. The van der Waals surface area contributed by atoms with Crippen LogP contribution in [0.3, 0.4) is 0 Å². The van der Waals surface area contributed by atoms with E-state index >= 15 is 0 Å². The molecule has 1 aromatic heterocycles. The van der Waals surface area contributed by atoms with Crippen molar-refractivity contribution in [1.82, 2.24) is 9.97 Å². The van der Waals surface area contributed by atoms with Crippen LogP contribution in [0.5, 0.6) is 0 Å². The van der Waals surface area contributed by atoms with Gasteiger partial charge in [0.25, 0.3) is 0 Å². The van der Waals surface area contributed by atoms with Gasteiger partial charge in [-0.3, -0.25) is 4.98 Å². The highest BCUT2D eigenvalue weighted by atomic mass is 31.2. The monoisotopic (exact) mass is 666 g/mol. The van der Waals surface area contributed by atoms with Gasteiger partial charge in [0.05, 0.1) is 52.0 Å². The van der Waals surface area contributed by atoms with Gasteiger partial charge < -0.3 is 10.4 Å². The Labute approximate surface area is 292 Å². The maximum Gasteiger partial charge on any atom is 0.148 e. The average molecular weight is 667 g/mol. The van der Waals surface area contributed by atoms with E-state index in [4.69, 9.17) is 9.97 Å². The second kappa shape index (κ2) is 14.8. The van der Waals surface area contributed by atoms with Crippen molar-refractivity contribution in [3.63, 3.8) is 0 Å². The zero-order chi connectivity index (χ0) is 35.5. The van der Waals surface area contributed by atoms with Crippen LogP contribution in [0.15, 0.2) is 78.9 Å². The second-order valence-electron chi connectivity index (χ2n) is 16.1. The third kappa shape index (κ3) is 7.26. The molecule has 0 radical (unpaired) electrons.